The van der Waals surface area contributed by atoms with E-state index in [9.17, 15) is 13.2 Å². The number of nitrogens with one attached hydrogen (secondary N) is 1. The second-order valence-corrected chi connectivity index (χ2v) is 8.28. The fourth-order valence-corrected chi connectivity index (χ4v) is 4.59. The number of hydrogen-bond acceptors (Lipinski definition) is 3. The van der Waals surface area contributed by atoms with E-state index in [1.807, 2.05) is 42.1 Å². The lowest BCUT2D eigenvalue weighted by atomic mass is 10.0. The molecule has 1 aliphatic rings. The van der Waals surface area contributed by atoms with Crippen molar-refractivity contribution in [3.05, 3.63) is 36.0 Å². The molecule has 2 heterocycles. The van der Waals surface area contributed by atoms with E-state index in [-0.39, 0.29) is 23.3 Å². The van der Waals surface area contributed by atoms with Gasteiger partial charge in [0.15, 0.2) is 0 Å². The van der Waals surface area contributed by atoms with Gasteiger partial charge in [0, 0.05) is 30.7 Å². The van der Waals surface area contributed by atoms with E-state index in [1.54, 1.807) is 0 Å². The molecule has 0 atom stereocenters. The molecule has 6 heteroatoms. The lowest BCUT2D eigenvalue weighted by Gasteiger charge is -2.21. The highest BCUT2D eigenvalue weighted by molar-refractivity contribution is 7.91. The molecular weight excluding hydrogens is 300 g/mol. The zero-order valence-electron chi connectivity index (χ0n) is 12.6. The van der Waals surface area contributed by atoms with Crippen molar-refractivity contribution in [1.82, 2.24) is 9.88 Å². The van der Waals surface area contributed by atoms with Crippen LogP contribution in [0.1, 0.15) is 23.2 Å². The maximum atomic E-state index is 12.4. The van der Waals surface area contributed by atoms with Crippen molar-refractivity contribution >= 4 is 26.6 Å². The lowest BCUT2D eigenvalue weighted by Crippen LogP contribution is -2.34. The highest BCUT2D eigenvalue weighted by Crippen LogP contribution is 2.21. The number of rotatable bonds is 3. The van der Waals surface area contributed by atoms with Crippen molar-refractivity contribution in [2.45, 2.75) is 12.8 Å². The number of para-hydroxylation sites is 1. The summed E-state index contributed by atoms with van der Waals surface area (Å²) in [6.07, 6.45) is 3.11. The van der Waals surface area contributed by atoms with Crippen LogP contribution in [0.3, 0.4) is 0 Å². The van der Waals surface area contributed by atoms with Crippen LogP contribution >= 0.6 is 0 Å². The van der Waals surface area contributed by atoms with Gasteiger partial charge in [-0.05, 0) is 24.8 Å². The van der Waals surface area contributed by atoms with Gasteiger partial charge < -0.3 is 9.88 Å². The number of aromatic nitrogens is 1. The molecule has 1 aliphatic heterocycles. The van der Waals surface area contributed by atoms with Gasteiger partial charge in [0.1, 0.15) is 9.84 Å². The van der Waals surface area contributed by atoms with E-state index in [4.69, 9.17) is 0 Å². The van der Waals surface area contributed by atoms with E-state index in [0.29, 0.717) is 24.9 Å². The van der Waals surface area contributed by atoms with Crippen molar-refractivity contribution in [3.63, 3.8) is 0 Å². The van der Waals surface area contributed by atoms with Gasteiger partial charge in [0.25, 0.3) is 5.91 Å². The first-order valence-corrected chi connectivity index (χ1v) is 9.31. The summed E-state index contributed by atoms with van der Waals surface area (Å²) >= 11 is 0. The molecule has 118 valence electrons. The number of carbonyl (C=O) groups is 1. The van der Waals surface area contributed by atoms with Gasteiger partial charge in [-0.15, -0.1) is 0 Å². The third kappa shape index (κ3) is 3.02. The molecule has 0 aliphatic carbocycles. The number of carbonyl (C=O) groups excluding carboxylic acids is 1. The van der Waals surface area contributed by atoms with Gasteiger partial charge in [0.05, 0.1) is 17.1 Å². The molecule has 1 aromatic heterocycles. The molecule has 0 spiro atoms. The van der Waals surface area contributed by atoms with Crippen molar-refractivity contribution < 1.29 is 13.2 Å². The van der Waals surface area contributed by atoms with Gasteiger partial charge in [0.2, 0.25) is 0 Å². The first kappa shape index (κ1) is 15.1. The molecule has 0 bridgehead atoms. The maximum absolute atomic E-state index is 12.4. The molecule has 0 saturated carbocycles. The minimum absolute atomic E-state index is 0.0924. The molecule has 0 unspecified atom stereocenters. The normalized spacial score (nSPS) is 18.4. The molecule has 5 nitrogen and oxygen atoms in total. The van der Waals surface area contributed by atoms with Crippen molar-refractivity contribution in [3.8, 4) is 0 Å². The van der Waals surface area contributed by atoms with Crippen LogP contribution in [-0.2, 0) is 16.9 Å². The largest absolute Gasteiger partial charge is 0.352 e. The first-order chi connectivity index (χ1) is 10.5. The average Bonchev–Trinajstić information content (AvgIpc) is 2.84. The predicted molar refractivity (Wildman–Crippen MR) is 86.6 cm³/mol. The second-order valence-electron chi connectivity index (χ2n) is 5.98. The fraction of sp³-hybridized carbons (Fsp3) is 0.438. The van der Waals surface area contributed by atoms with Gasteiger partial charge in [-0.3, -0.25) is 4.79 Å². The van der Waals surface area contributed by atoms with Crippen molar-refractivity contribution in [2.75, 3.05) is 18.1 Å². The Hall–Kier alpha value is -1.82. The quantitative estimate of drug-likeness (QED) is 0.936. The summed E-state index contributed by atoms with van der Waals surface area (Å²) in [6, 6.07) is 7.80. The molecule has 22 heavy (non-hydrogen) atoms. The smallest absolute Gasteiger partial charge is 0.253 e. The topological polar surface area (TPSA) is 68.2 Å². The van der Waals surface area contributed by atoms with E-state index in [2.05, 4.69) is 5.32 Å². The number of amides is 1. The second kappa shape index (κ2) is 5.76. The number of aryl methyl sites for hydroxylation is 1. The van der Waals surface area contributed by atoms with Crippen LogP contribution in [-0.4, -0.2) is 36.9 Å². The van der Waals surface area contributed by atoms with Crippen molar-refractivity contribution in [2.24, 2.45) is 13.0 Å². The Morgan fingerprint density at radius 2 is 1.95 bits per heavy atom. The average molecular weight is 320 g/mol. The Bertz CT molecular complexity index is 794. The number of nitrogens with zero attached hydrogens (tertiary/aromatic N) is 1. The molecule has 1 amide bonds. The number of hydrogen-bond donors (Lipinski definition) is 1. The first-order valence-electron chi connectivity index (χ1n) is 7.49. The summed E-state index contributed by atoms with van der Waals surface area (Å²) in [4.78, 5) is 12.4. The van der Waals surface area contributed by atoms with E-state index >= 15 is 0 Å². The van der Waals surface area contributed by atoms with E-state index in [0.717, 1.165) is 10.9 Å². The summed E-state index contributed by atoms with van der Waals surface area (Å²) in [5, 5.41) is 3.89. The van der Waals surface area contributed by atoms with Crippen LogP contribution in [0.5, 0.6) is 0 Å². The summed E-state index contributed by atoms with van der Waals surface area (Å²) < 4.78 is 24.8. The highest BCUT2D eigenvalue weighted by atomic mass is 32.2. The Morgan fingerprint density at radius 1 is 1.27 bits per heavy atom. The Morgan fingerprint density at radius 3 is 2.68 bits per heavy atom. The molecule has 0 radical (unpaired) electrons. The minimum atomic E-state index is -2.85. The van der Waals surface area contributed by atoms with Gasteiger partial charge in [-0.25, -0.2) is 8.42 Å². The van der Waals surface area contributed by atoms with Crippen LogP contribution in [0.15, 0.2) is 30.5 Å². The minimum Gasteiger partial charge on any atom is -0.352 e. The Labute approximate surface area is 130 Å². The van der Waals surface area contributed by atoms with Crippen LogP contribution in [0.4, 0.5) is 0 Å². The molecule has 2 aromatic rings. The van der Waals surface area contributed by atoms with Crippen molar-refractivity contribution in [1.29, 1.82) is 0 Å². The number of benzene rings is 1. The van der Waals surface area contributed by atoms with Gasteiger partial charge in [-0.2, -0.15) is 0 Å². The molecule has 1 aromatic carbocycles. The Kier molecular flexibility index (Phi) is 3.95. The fourth-order valence-electron chi connectivity index (χ4n) is 3.00. The zero-order valence-corrected chi connectivity index (χ0v) is 13.4. The van der Waals surface area contributed by atoms with Gasteiger partial charge in [-0.1, -0.05) is 18.2 Å². The van der Waals surface area contributed by atoms with E-state index in [1.165, 1.54) is 0 Å². The predicted octanol–water partition coefficient (Wildman–Crippen LogP) is 1.73. The lowest BCUT2D eigenvalue weighted by molar-refractivity contribution is 0.0948. The van der Waals surface area contributed by atoms with Crippen LogP contribution < -0.4 is 5.32 Å². The summed E-state index contributed by atoms with van der Waals surface area (Å²) in [5.74, 6) is 0.636. The standard InChI is InChI=1S/C16H20N2O3S/c1-18-11-14(13-4-2-3-5-15(13)18)16(19)17-10-12-6-8-22(20,21)9-7-12/h2-5,11-12H,6-10H2,1H3,(H,17,19). The highest BCUT2D eigenvalue weighted by Gasteiger charge is 2.24. The number of sulfone groups is 1. The summed E-state index contributed by atoms with van der Waals surface area (Å²) in [6.45, 7) is 0.539. The molecule has 1 fully saturated rings. The third-order valence-corrected chi connectivity index (χ3v) is 6.08. The van der Waals surface area contributed by atoms with Crippen LogP contribution in [0, 0.1) is 5.92 Å². The maximum Gasteiger partial charge on any atom is 0.253 e. The summed E-state index contributed by atoms with van der Waals surface area (Å²) in [7, 11) is -0.926. The Balaban J connectivity index is 1.67. The zero-order chi connectivity index (χ0) is 15.7. The van der Waals surface area contributed by atoms with Crippen LogP contribution in [0.2, 0.25) is 0 Å². The van der Waals surface area contributed by atoms with Crippen LogP contribution in [0.25, 0.3) is 10.9 Å². The molecule has 1 N–H and O–H groups in total. The SMILES string of the molecule is Cn1cc(C(=O)NCC2CCS(=O)(=O)CC2)c2ccccc21. The molecular formula is C16H20N2O3S. The monoisotopic (exact) mass is 320 g/mol. The molecule has 1 saturated heterocycles. The molecule has 3 rings (SSSR count). The summed E-state index contributed by atoms with van der Waals surface area (Å²) in [5.41, 5.74) is 1.69. The van der Waals surface area contributed by atoms with Gasteiger partial charge >= 0.3 is 0 Å². The number of fused-ring (bicyclic) bond motifs is 1. The van der Waals surface area contributed by atoms with E-state index < -0.39 is 9.84 Å². The third-order valence-electron chi connectivity index (χ3n) is 4.37.